The summed E-state index contributed by atoms with van der Waals surface area (Å²) in [6, 6.07) is 15.0. The highest BCUT2D eigenvalue weighted by Crippen LogP contribution is 2.41. The lowest BCUT2D eigenvalue weighted by molar-refractivity contribution is -0.120. The molecule has 64 heavy (non-hydrogen) atoms. The summed E-state index contributed by atoms with van der Waals surface area (Å²) in [7, 11) is 7.11. The first kappa shape index (κ1) is 41.2. The van der Waals surface area contributed by atoms with Crippen LogP contribution >= 0.6 is 0 Å². The zero-order valence-electron chi connectivity index (χ0n) is 35.7. The van der Waals surface area contributed by atoms with Crippen LogP contribution in [-0.2, 0) is 23.7 Å². The van der Waals surface area contributed by atoms with Gasteiger partial charge in [0.15, 0.2) is 23.3 Å². The Morgan fingerprint density at radius 2 is 0.922 bits per heavy atom. The van der Waals surface area contributed by atoms with Crippen LogP contribution in [0.2, 0.25) is 0 Å². The number of rotatable bonds is 8. The van der Waals surface area contributed by atoms with Crippen molar-refractivity contribution < 1.29 is 18.4 Å². The zero-order chi connectivity index (χ0) is 44.8. The number of imidazole rings is 2. The third-order valence-corrected chi connectivity index (χ3v) is 11.1. The van der Waals surface area contributed by atoms with Crippen LogP contribution in [0.25, 0.3) is 34.7 Å². The van der Waals surface area contributed by atoms with Gasteiger partial charge in [-0.2, -0.15) is 20.2 Å². The number of aromatic nitrogens is 12. The van der Waals surface area contributed by atoms with Gasteiger partial charge in [0.2, 0.25) is 23.7 Å². The van der Waals surface area contributed by atoms with Gasteiger partial charge in [0, 0.05) is 88.6 Å². The molecule has 10 rings (SSSR count). The van der Waals surface area contributed by atoms with Crippen LogP contribution < -0.4 is 19.6 Å². The summed E-state index contributed by atoms with van der Waals surface area (Å²) in [6.07, 6.45) is 14.9. The van der Waals surface area contributed by atoms with E-state index in [0.29, 0.717) is 71.0 Å². The zero-order valence-corrected chi connectivity index (χ0v) is 35.7. The molecule has 8 aromatic rings. The third-order valence-electron chi connectivity index (χ3n) is 11.1. The molecule has 2 amide bonds. The molecule has 20 heteroatoms. The Hall–Kier alpha value is -8.16. The summed E-state index contributed by atoms with van der Waals surface area (Å²) in [5, 5.41) is 9.03. The number of aryl methyl sites for hydroxylation is 2. The SMILES string of the molecule is CC[C@@H]1C(=O)N(C)c2cnc(-n3ccnc3-c3ccc(F)cc3)nc2N1c1ccn(C)n1.CC[C@H]1C(=O)N(C)c2cnc(-n3ccnc3-c3ccc(F)cc3)nc2N1c1ccn(C)n1. The summed E-state index contributed by atoms with van der Waals surface area (Å²) in [5.41, 5.74) is 2.66. The summed E-state index contributed by atoms with van der Waals surface area (Å²) in [5.74, 6) is 3.66. The molecule has 0 saturated heterocycles. The molecule has 0 spiro atoms. The number of hydrogen-bond donors (Lipinski definition) is 0. The second-order valence-electron chi connectivity index (χ2n) is 15.1. The first-order valence-corrected chi connectivity index (χ1v) is 20.4. The van der Waals surface area contributed by atoms with Crippen LogP contribution in [0.4, 0.5) is 43.4 Å². The predicted molar refractivity (Wildman–Crippen MR) is 235 cm³/mol. The first-order chi connectivity index (χ1) is 30.9. The fourth-order valence-electron chi connectivity index (χ4n) is 7.84. The molecule has 2 aliphatic rings. The fourth-order valence-corrected chi connectivity index (χ4v) is 7.84. The minimum atomic E-state index is -0.440. The molecule has 0 unspecified atom stereocenters. The largest absolute Gasteiger partial charge is 0.309 e. The van der Waals surface area contributed by atoms with E-state index in [9.17, 15) is 18.4 Å². The first-order valence-electron chi connectivity index (χ1n) is 20.4. The quantitative estimate of drug-likeness (QED) is 0.170. The average molecular weight is 865 g/mol. The van der Waals surface area contributed by atoms with Crippen LogP contribution in [0.3, 0.4) is 0 Å². The van der Waals surface area contributed by atoms with E-state index >= 15 is 0 Å². The third kappa shape index (κ3) is 7.27. The van der Waals surface area contributed by atoms with Crippen molar-refractivity contribution in [2.45, 2.75) is 38.8 Å². The van der Waals surface area contributed by atoms with Gasteiger partial charge < -0.3 is 9.80 Å². The second-order valence-corrected chi connectivity index (χ2v) is 15.1. The van der Waals surface area contributed by atoms with Crippen molar-refractivity contribution in [3.63, 3.8) is 0 Å². The van der Waals surface area contributed by atoms with Crippen LogP contribution in [0.1, 0.15) is 26.7 Å². The van der Waals surface area contributed by atoms with Gasteiger partial charge in [0.1, 0.15) is 46.7 Å². The molecular weight excluding hydrogens is 823 g/mol. The van der Waals surface area contributed by atoms with Crippen molar-refractivity contribution in [3.05, 3.63) is 122 Å². The molecule has 18 nitrogen and oxygen atoms in total. The van der Waals surface area contributed by atoms with E-state index < -0.39 is 12.1 Å². The van der Waals surface area contributed by atoms with Gasteiger partial charge in [-0.1, -0.05) is 13.8 Å². The number of hydrogen-bond acceptors (Lipinski definition) is 12. The van der Waals surface area contributed by atoms with E-state index in [-0.39, 0.29) is 23.4 Å². The van der Waals surface area contributed by atoms with E-state index in [2.05, 4.69) is 30.1 Å². The smallest absolute Gasteiger partial charge is 0.250 e. The van der Waals surface area contributed by atoms with Gasteiger partial charge in [-0.3, -0.25) is 37.9 Å². The summed E-state index contributed by atoms with van der Waals surface area (Å²) in [6.45, 7) is 3.92. The molecule has 0 saturated carbocycles. The molecule has 324 valence electrons. The monoisotopic (exact) mass is 864 g/mol. The minimum Gasteiger partial charge on any atom is -0.309 e. The Bertz CT molecular complexity index is 2790. The van der Waals surface area contributed by atoms with Gasteiger partial charge in [-0.15, -0.1) is 0 Å². The van der Waals surface area contributed by atoms with E-state index in [1.165, 1.54) is 24.3 Å². The number of benzene rings is 2. The van der Waals surface area contributed by atoms with Crippen molar-refractivity contribution in [2.75, 3.05) is 33.7 Å². The number of carbonyl (C=O) groups excluding carboxylic acids is 2. The lowest BCUT2D eigenvalue weighted by atomic mass is 10.1. The van der Waals surface area contributed by atoms with Crippen molar-refractivity contribution >= 4 is 46.5 Å². The number of likely N-dealkylation sites (N-methyl/N-ethyl adjacent to an activating group) is 2. The highest BCUT2D eigenvalue weighted by molar-refractivity contribution is 6.06. The Balaban J connectivity index is 0.000000162. The normalized spacial score (nSPS) is 15.9. The van der Waals surface area contributed by atoms with Gasteiger partial charge in [0.25, 0.3) is 0 Å². The molecule has 6 aromatic heterocycles. The van der Waals surface area contributed by atoms with Crippen LogP contribution in [0, 0.1) is 11.6 Å². The molecule has 2 aromatic carbocycles. The van der Waals surface area contributed by atoms with Gasteiger partial charge in [0.05, 0.1) is 12.4 Å². The number of nitrogens with zero attached hydrogens (tertiary/aromatic N) is 16. The Morgan fingerprint density at radius 3 is 1.27 bits per heavy atom. The maximum absolute atomic E-state index is 13.4. The summed E-state index contributed by atoms with van der Waals surface area (Å²) in [4.78, 5) is 60.4. The predicted octanol–water partition coefficient (Wildman–Crippen LogP) is 6.19. The summed E-state index contributed by atoms with van der Waals surface area (Å²) >= 11 is 0. The van der Waals surface area contributed by atoms with Gasteiger partial charge in [-0.05, 0) is 61.4 Å². The molecule has 2 aliphatic heterocycles. The van der Waals surface area contributed by atoms with Crippen molar-refractivity contribution in [1.29, 1.82) is 0 Å². The van der Waals surface area contributed by atoms with E-state index in [4.69, 9.17) is 9.97 Å². The topological polar surface area (TPSA) is 170 Å². The summed E-state index contributed by atoms with van der Waals surface area (Å²) < 4.78 is 33.6. The molecule has 0 radical (unpaired) electrons. The standard InChI is InChI=1S/2C22H21FN8O/c2*1-4-16-21(32)29(3)17-13-25-22(26-20(17)31(16)18-9-11-28(2)27-18)30-12-10-24-19(30)14-5-7-15(23)8-6-14/h2*5-13,16H,4H2,1-3H3/t2*16-/m10/s1. The molecule has 0 fully saturated rings. The van der Waals surface area contributed by atoms with E-state index in [1.54, 1.807) is 104 Å². The lowest BCUT2D eigenvalue weighted by Crippen LogP contribution is -2.50. The fraction of sp³-hybridized carbons (Fsp3) is 0.227. The van der Waals surface area contributed by atoms with Crippen LogP contribution in [0.15, 0.2) is 110 Å². The molecule has 2 atom stereocenters. The number of fused-ring (bicyclic) bond motifs is 2. The molecule has 8 heterocycles. The highest BCUT2D eigenvalue weighted by atomic mass is 19.1. The van der Waals surface area contributed by atoms with Crippen molar-refractivity contribution in [3.8, 4) is 34.7 Å². The van der Waals surface area contributed by atoms with E-state index in [1.807, 2.05) is 62.3 Å². The van der Waals surface area contributed by atoms with E-state index in [0.717, 1.165) is 11.1 Å². The van der Waals surface area contributed by atoms with Crippen LogP contribution in [-0.4, -0.2) is 96.6 Å². The van der Waals surface area contributed by atoms with Crippen molar-refractivity contribution in [2.24, 2.45) is 14.1 Å². The Morgan fingerprint density at radius 1 is 0.531 bits per heavy atom. The maximum atomic E-state index is 13.4. The van der Waals surface area contributed by atoms with Gasteiger partial charge in [-0.25, -0.2) is 28.7 Å². The number of anilines is 6. The minimum absolute atomic E-state index is 0.0448. The average Bonchev–Trinajstić information content (AvgIpc) is 4.15. The maximum Gasteiger partial charge on any atom is 0.250 e. The Labute approximate surface area is 365 Å². The lowest BCUT2D eigenvalue weighted by Gasteiger charge is -2.39. The molecule has 0 N–H and O–H groups in total. The number of amides is 2. The van der Waals surface area contributed by atoms with Crippen LogP contribution in [0.5, 0.6) is 0 Å². The molecular formula is C44H42F2N16O2. The highest BCUT2D eigenvalue weighted by Gasteiger charge is 2.40. The van der Waals surface area contributed by atoms with Crippen molar-refractivity contribution in [1.82, 2.24) is 58.6 Å². The second kappa shape index (κ2) is 16.6. The molecule has 0 bridgehead atoms. The Kier molecular flexibility index (Phi) is 10.7. The number of halogens is 2. The van der Waals surface area contributed by atoms with Gasteiger partial charge >= 0.3 is 0 Å². The molecule has 0 aliphatic carbocycles. The number of carbonyl (C=O) groups is 2.